The van der Waals surface area contributed by atoms with Gasteiger partial charge in [0.15, 0.2) is 0 Å². The van der Waals surface area contributed by atoms with Crippen LogP contribution in [0.25, 0.3) is 21.9 Å². The minimum absolute atomic E-state index is 0.0517. The van der Waals surface area contributed by atoms with E-state index in [1.807, 2.05) is 35.4 Å². The Morgan fingerprint density at radius 3 is 2.56 bits per heavy atom. The lowest BCUT2D eigenvalue weighted by Gasteiger charge is -2.34. The minimum atomic E-state index is -4.14. The topological polar surface area (TPSA) is 73.9 Å². The lowest BCUT2D eigenvalue weighted by molar-refractivity contribution is -0.192. The van der Waals surface area contributed by atoms with E-state index in [-0.39, 0.29) is 31.2 Å². The van der Waals surface area contributed by atoms with E-state index in [4.69, 9.17) is 0 Å². The van der Waals surface area contributed by atoms with Gasteiger partial charge in [-0.1, -0.05) is 12.1 Å². The molecule has 5 rings (SSSR count). The molecule has 3 heterocycles. The Bertz CT molecular complexity index is 1120. The number of anilines is 1. The SMILES string of the molecule is O=C(Nc1cc2cc(-c3cn[nH]c3)ccc2cn1)C1CCN(CC2(C(F)(F)F)CC2)CC1. The number of halogens is 3. The molecule has 1 aliphatic carbocycles. The van der Waals surface area contributed by atoms with Gasteiger partial charge in [0.1, 0.15) is 5.82 Å². The average molecular weight is 443 g/mol. The fourth-order valence-electron chi connectivity index (χ4n) is 4.49. The highest BCUT2D eigenvalue weighted by molar-refractivity contribution is 5.95. The lowest BCUT2D eigenvalue weighted by atomic mass is 9.94. The van der Waals surface area contributed by atoms with Crippen molar-refractivity contribution in [2.24, 2.45) is 11.3 Å². The van der Waals surface area contributed by atoms with Crippen LogP contribution in [0.5, 0.6) is 0 Å². The molecule has 0 radical (unpaired) electrons. The van der Waals surface area contributed by atoms with Gasteiger partial charge in [0.25, 0.3) is 0 Å². The standard InChI is InChI=1S/C23H24F3N5O/c24-23(25,26)22(5-6-22)14-31-7-3-15(4-8-31)21(32)30-20-10-18-9-16(19-12-28-29-13-19)1-2-17(18)11-27-20/h1-2,9-13,15H,3-8,14H2,(H,28,29)(H,27,30,32). The molecule has 0 bridgehead atoms. The lowest BCUT2D eigenvalue weighted by Crippen LogP contribution is -2.44. The largest absolute Gasteiger partial charge is 0.395 e. The number of H-pyrrole nitrogens is 1. The molecule has 168 valence electrons. The number of nitrogens with zero attached hydrogens (tertiary/aromatic N) is 3. The molecule has 9 heteroatoms. The van der Waals surface area contributed by atoms with Crippen molar-refractivity contribution < 1.29 is 18.0 Å². The van der Waals surface area contributed by atoms with Gasteiger partial charge in [-0.15, -0.1) is 0 Å². The highest BCUT2D eigenvalue weighted by atomic mass is 19.4. The maximum absolute atomic E-state index is 13.2. The fourth-order valence-corrected chi connectivity index (χ4v) is 4.49. The summed E-state index contributed by atoms with van der Waals surface area (Å²) in [5.41, 5.74) is 0.459. The Morgan fingerprint density at radius 2 is 1.91 bits per heavy atom. The van der Waals surface area contributed by atoms with Crippen molar-refractivity contribution in [3.8, 4) is 11.1 Å². The number of piperidine rings is 1. The van der Waals surface area contributed by atoms with Crippen molar-refractivity contribution in [2.45, 2.75) is 31.9 Å². The number of nitrogens with one attached hydrogen (secondary N) is 2. The van der Waals surface area contributed by atoms with Gasteiger partial charge in [-0.05, 0) is 61.9 Å². The summed E-state index contributed by atoms with van der Waals surface area (Å²) in [4.78, 5) is 19.0. The van der Waals surface area contributed by atoms with Crippen LogP contribution in [0.4, 0.5) is 19.0 Å². The first-order valence-corrected chi connectivity index (χ1v) is 10.8. The van der Waals surface area contributed by atoms with Crippen LogP contribution in [0.15, 0.2) is 42.9 Å². The number of carbonyl (C=O) groups is 1. The molecule has 2 aromatic heterocycles. The first-order chi connectivity index (χ1) is 15.3. The number of rotatable bonds is 5. The zero-order valence-electron chi connectivity index (χ0n) is 17.5. The molecule has 32 heavy (non-hydrogen) atoms. The van der Waals surface area contributed by atoms with E-state index in [1.165, 1.54) is 0 Å². The summed E-state index contributed by atoms with van der Waals surface area (Å²) >= 11 is 0. The van der Waals surface area contributed by atoms with Crippen LogP contribution >= 0.6 is 0 Å². The predicted molar refractivity (Wildman–Crippen MR) is 115 cm³/mol. The normalized spacial score (nSPS) is 19.2. The van der Waals surface area contributed by atoms with E-state index in [9.17, 15) is 18.0 Å². The number of alkyl halides is 3. The molecule has 2 aliphatic rings. The molecule has 1 saturated carbocycles. The number of pyridine rings is 1. The van der Waals surface area contributed by atoms with Gasteiger partial charge < -0.3 is 10.2 Å². The molecule has 0 spiro atoms. The molecule has 1 aromatic carbocycles. The Kier molecular flexibility index (Phi) is 5.16. The first kappa shape index (κ1) is 20.9. The van der Waals surface area contributed by atoms with Gasteiger partial charge in [0.05, 0.1) is 11.6 Å². The van der Waals surface area contributed by atoms with Crippen LogP contribution in [0.2, 0.25) is 0 Å². The van der Waals surface area contributed by atoms with Crippen molar-refractivity contribution in [1.29, 1.82) is 0 Å². The molecular formula is C23H24F3N5O. The molecule has 2 fully saturated rings. The summed E-state index contributed by atoms with van der Waals surface area (Å²) < 4.78 is 39.6. The van der Waals surface area contributed by atoms with Crippen LogP contribution in [-0.4, -0.2) is 51.8 Å². The summed E-state index contributed by atoms with van der Waals surface area (Å²) in [5.74, 6) is 0.129. The number of hydrogen-bond acceptors (Lipinski definition) is 4. The predicted octanol–water partition coefficient (Wildman–Crippen LogP) is 4.62. The maximum Gasteiger partial charge on any atom is 0.395 e. The molecule has 1 amide bonds. The van der Waals surface area contributed by atoms with Crippen LogP contribution in [-0.2, 0) is 4.79 Å². The van der Waals surface area contributed by atoms with Crippen LogP contribution < -0.4 is 5.32 Å². The molecule has 6 nitrogen and oxygen atoms in total. The van der Waals surface area contributed by atoms with Crippen LogP contribution in [0.3, 0.4) is 0 Å². The van der Waals surface area contributed by atoms with Crippen molar-refractivity contribution in [3.05, 3.63) is 42.9 Å². The number of fused-ring (bicyclic) bond motifs is 1. The van der Waals surface area contributed by atoms with Gasteiger partial charge in [-0.2, -0.15) is 18.3 Å². The first-order valence-electron chi connectivity index (χ1n) is 10.8. The Hall–Kier alpha value is -2.94. The monoisotopic (exact) mass is 443 g/mol. The summed E-state index contributed by atoms with van der Waals surface area (Å²) in [5, 5.41) is 11.6. The maximum atomic E-state index is 13.2. The Balaban J connectivity index is 1.21. The van der Waals surface area contributed by atoms with Crippen molar-refractivity contribution in [1.82, 2.24) is 20.1 Å². The third-order valence-corrected chi connectivity index (χ3v) is 6.74. The van der Waals surface area contributed by atoms with Crippen molar-refractivity contribution >= 4 is 22.5 Å². The zero-order valence-corrected chi connectivity index (χ0v) is 17.5. The van der Waals surface area contributed by atoms with Gasteiger partial charge in [-0.3, -0.25) is 9.89 Å². The molecular weight excluding hydrogens is 419 g/mol. The van der Waals surface area contributed by atoms with Gasteiger partial charge in [0.2, 0.25) is 5.91 Å². The number of aromatic nitrogens is 3. The van der Waals surface area contributed by atoms with Gasteiger partial charge in [0, 0.05) is 35.8 Å². The number of aromatic amines is 1. The zero-order chi connectivity index (χ0) is 22.3. The number of amides is 1. The highest BCUT2D eigenvalue weighted by Gasteiger charge is 2.63. The van der Waals surface area contributed by atoms with Crippen molar-refractivity contribution in [3.63, 3.8) is 0 Å². The number of benzene rings is 1. The second-order valence-corrected chi connectivity index (χ2v) is 8.94. The second-order valence-electron chi connectivity index (χ2n) is 8.94. The average Bonchev–Trinajstić information content (AvgIpc) is 3.36. The van der Waals surface area contributed by atoms with E-state index in [0.717, 1.165) is 21.9 Å². The summed E-state index contributed by atoms with van der Waals surface area (Å²) in [6.07, 6.45) is 2.68. The number of hydrogen-bond donors (Lipinski definition) is 2. The summed E-state index contributed by atoms with van der Waals surface area (Å²) in [6, 6.07) is 7.82. The Labute approximate surface area is 183 Å². The van der Waals surface area contributed by atoms with Crippen LogP contribution in [0, 0.1) is 11.3 Å². The minimum Gasteiger partial charge on any atom is -0.310 e. The Morgan fingerprint density at radius 1 is 1.12 bits per heavy atom. The summed E-state index contributed by atoms with van der Waals surface area (Å²) in [7, 11) is 0. The van der Waals surface area contributed by atoms with Crippen molar-refractivity contribution in [2.75, 3.05) is 25.0 Å². The highest BCUT2D eigenvalue weighted by Crippen LogP contribution is 2.58. The van der Waals surface area contributed by atoms with E-state index < -0.39 is 11.6 Å². The molecule has 3 aromatic rings. The molecule has 0 unspecified atom stereocenters. The smallest absolute Gasteiger partial charge is 0.310 e. The molecule has 0 atom stereocenters. The quantitative estimate of drug-likeness (QED) is 0.604. The third kappa shape index (κ3) is 4.09. The van der Waals surface area contributed by atoms with Gasteiger partial charge in [-0.25, -0.2) is 4.98 Å². The van der Waals surface area contributed by atoms with E-state index >= 15 is 0 Å². The number of carbonyl (C=O) groups excluding carboxylic acids is 1. The second kappa shape index (κ2) is 7.88. The van der Waals surface area contributed by atoms with Gasteiger partial charge >= 0.3 is 6.18 Å². The van der Waals surface area contributed by atoms with E-state index in [0.29, 0.717) is 31.7 Å². The molecule has 1 aliphatic heterocycles. The molecule has 1 saturated heterocycles. The van der Waals surface area contributed by atoms with E-state index in [1.54, 1.807) is 12.4 Å². The fraction of sp³-hybridized carbons (Fsp3) is 0.435. The number of likely N-dealkylation sites (tertiary alicyclic amines) is 1. The third-order valence-electron chi connectivity index (χ3n) is 6.74. The molecule has 2 N–H and O–H groups in total. The van der Waals surface area contributed by atoms with Crippen LogP contribution in [0.1, 0.15) is 25.7 Å². The summed E-state index contributed by atoms with van der Waals surface area (Å²) in [6.45, 7) is 1.07. The van der Waals surface area contributed by atoms with E-state index in [2.05, 4.69) is 20.5 Å².